The van der Waals surface area contributed by atoms with Crippen LogP contribution in [0.2, 0.25) is 0 Å². The minimum absolute atomic E-state index is 0.567. The van der Waals surface area contributed by atoms with Crippen molar-refractivity contribution >= 4 is 10.8 Å². The molecule has 1 nitrogen and oxygen atoms in total. The molecule has 22 heavy (non-hydrogen) atoms. The summed E-state index contributed by atoms with van der Waals surface area (Å²) in [6.07, 6.45) is 3.20. The number of fused-ring (bicyclic) bond motifs is 1. The van der Waals surface area contributed by atoms with Gasteiger partial charge in [-0.05, 0) is 55.3 Å². The van der Waals surface area contributed by atoms with Gasteiger partial charge in [0.1, 0.15) is 0 Å². The highest BCUT2D eigenvalue weighted by molar-refractivity contribution is 5.88. The first-order valence-corrected chi connectivity index (χ1v) is 8.06. The average molecular weight is 289 g/mol. The van der Waals surface area contributed by atoms with Gasteiger partial charge in [-0.3, -0.25) is 4.98 Å². The molecular weight excluding hydrogens is 266 g/mol. The van der Waals surface area contributed by atoms with Crippen LogP contribution in [0, 0.1) is 13.8 Å². The zero-order valence-corrected chi connectivity index (χ0v) is 13.9. The Morgan fingerprint density at radius 1 is 1.00 bits per heavy atom. The standard InChI is InChI=1S/C21H23N/c1-5-16(4)19-8-6-7-17-12-21(22-13-20(17)19)18-10-14(2)9-15(3)11-18/h6-13,16H,5H2,1-4H3. The van der Waals surface area contributed by atoms with E-state index in [0.717, 1.165) is 12.1 Å². The van der Waals surface area contributed by atoms with Crippen LogP contribution in [-0.4, -0.2) is 4.98 Å². The Balaban J connectivity index is 2.14. The third kappa shape index (κ3) is 2.76. The van der Waals surface area contributed by atoms with Gasteiger partial charge in [0, 0.05) is 17.1 Å². The van der Waals surface area contributed by atoms with E-state index in [-0.39, 0.29) is 0 Å². The Morgan fingerprint density at radius 3 is 2.41 bits per heavy atom. The van der Waals surface area contributed by atoms with Crippen LogP contribution in [0.3, 0.4) is 0 Å². The number of hydrogen-bond acceptors (Lipinski definition) is 1. The summed E-state index contributed by atoms with van der Waals surface area (Å²) in [5, 5.41) is 2.56. The lowest BCUT2D eigenvalue weighted by Crippen LogP contribution is -1.94. The summed E-state index contributed by atoms with van der Waals surface area (Å²) in [7, 11) is 0. The van der Waals surface area contributed by atoms with E-state index in [1.165, 1.54) is 33.0 Å². The molecule has 3 rings (SSSR count). The van der Waals surface area contributed by atoms with Gasteiger partial charge in [0.25, 0.3) is 0 Å². The highest BCUT2D eigenvalue weighted by Crippen LogP contribution is 2.30. The molecule has 1 aromatic heterocycles. The van der Waals surface area contributed by atoms with Gasteiger partial charge >= 0.3 is 0 Å². The summed E-state index contributed by atoms with van der Waals surface area (Å²) in [5.41, 5.74) is 6.23. The van der Waals surface area contributed by atoms with Crippen LogP contribution in [0.15, 0.2) is 48.7 Å². The van der Waals surface area contributed by atoms with E-state index in [1.54, 1.807) is 0 Å². The molecule has 1 heteroatoms. The average Bonchev–Trinajstić information content (AvgIpc) is 2.52. The maximum Gasteiger partial charge on any atom is 0.0708 e. The number of pyridine rings is 1. The van der Waals surface area contributed by atoms with Crippen LogP contribution in [-0.2, 0) is 0 Å². The van der Waals surface area contributed by atoms with E-state index < -0.39 is 0 Å². The zero-order chi connectivity index (χ0) is 15.7. The molecule has 0 fully saturated rings. The molecule has 1 atom stereocenters. The molecule has 0 bridgehead atoms. The third-order valence-corrected chi connectivity index (χ3v) is 4.46. The predicted molar refractivity (Wildman–Crippen MR) is 95.4 cm³/mol. The number of rotatable bonds is 3. The largest absolute Gasteiger partial charge is 0.256 e. The summed E-state index contributed by atoms with van der Waals surface area (Å²) >= 11 is 0. The topological polar surface area (TPSA) is 12.9 Å². The quantitative estimate of drug-likeness (QED) is 0.573. The lowest BCUT2D eigenvalue weighted by molar-refractivity contribution is 0.739. The van der Waals surface area contributed by atoms with Crippen molar-refractivity contribution in [3.63, 3.8) is 0 Å². The molecule has 3 aromatic rings. The normalized spacial score (nSPS) is 12.5. The molecule has 0 saturated heterocycles. The molecule has 112 valence electrons. The Bertz CT molecular complexity index is 797. The Hall–Kier alpha value is -2.15. The van der Waals surface area contributed by atoms with E-state index in [0.29, 0.717) is 5.92 Å². The van der Waals surface area contributed by atoms with Crippen molar-refractivity contribution in [2.24, 2.45) is 0 Å². The van der Waals surface area contributed by atoms with E-state index in [9.17, 15) is 0 Å². The first-order valence-electron chi connectivity index (χ1n) is 8.06. The minimum Gasteiger partial charge on any atom is -0.256 e. The van der Waals surface area contributed by atoms with Crippen LogP contribution in [0.5, 0.6) is 0 Å². The predicted octanol–water partition coefficient (Wildman–Crippen LogP) is 6.03. The van der Waals surface area contributed by atoms with Crippen molar-refractivity contribution in [3.8, 4) is 11.3 Å². The smallest absolute Gasteiger partial charge is 0.0708 e. The highest BCUT2D eigenvalue weighted by atomic mass is 14.7. The van der Waals surface area contributed by atoms with Gasteiger partial charge in [-0.25, -0.2) is 0 Å². The van der Waals surface area contributed by atoms with Crippen molar-refractivity contribution in [1.29, 1.82) is 0 Å². The highest BCUT2D eigenvalue weighted by Gasteiger charge is 2.09. The first-order chi connectivity index (χ1) is 10.6. The maximum atomic E-state index is 4.74. The molecule has 0 N–H and O–H groups in total. The molecule has 0 saturated carbocycles. The fourth-order valence-electron chi connectivity index (χ4n) is 3.13. The molecule has 0 aliphatic heterocycles. The van der Waals surface area contributed by atoms with Gasteiger partial charge in [0.05, 0.1) is 5.69 Å². The summed E-state index contributed by atoms with van der Waals surface area (Å²) < 4.78 is 0. The van der Waals surface area contributed by atoms with Gasteiger partial charge < -0.3 is 0 Å². The van der Waals surface area contributed by atoms with Crippen LogP contribution in [0.4, 0.5) is 0 Å². The Labute approximate surface area is 133 Å². The fraction of sp³-hybridized carbons (Fsp3) is 0.286. The molecule has 0 aliphatic rings. The van der Waals surface area contributed by atoms with E-state index in [2.05, 4.69) is 70.2 Å². The summed E-state index contributed by atoms with van der Waals surface area (Å²) in [6.45, 7) is 8.80. The number of benzene rings is 2. The maximum absolute atomic E-state index is 4.74. The van der Waals surface area contributed by atoms with Crippen molar-refractivity contribution in [2.45, 2.75) is 40.0 Å². The van der Waals surface area contributed by atoms with Crippen molar-refractivity contribution in [3.05, 3.63) is 65.4 Å². The van der Waals surface area contributed by atoms with E-state index in [1.807, 2.05) is 6.20 Å². The van der Waals surface area contributed by atoms with Gasteiger partial charge in [-0.15, -0.1) is 0 Å². The van der Waals surface area contributed by atoms with Gasteiger partial charge in [0.2, 0.25) is 0 Å². The summed E-state index contributed by atoms with van der Waals surface area (Å²) in [6, 6.07) is 15.4. The molecule has 1 heterocycles. The van der Waals surface area contributed by atoms with Crippen molar-refractivity contribution in [1.82, 2.24) is 4.98 Å². The first kappa shape index (κ1) is 14.8. The molecule has 0 spiro atoms. The summed E-state index contributed by atoms with van der Waals surface area (Å²) in [4.78, 5) is 4.74. The molecule has 0 aliphatic carbocycles. The molecule has 2 aromatic carbocycles. The van der Waals surface area contributed by atoms with Crippen LogP contribution < -0.4 is 0 Å². The molecule has 0 amide bonds. The van der Waals surface area contributed by atoms with Crippen LogP contribution in [0.25, 0.3) is 22.0 Å². The third-order valence-electron chi connectivity index (χ3n) is 4.46. The van der Waals surface area contributed by atoms with Crippen molar-refractivity contribution in [2.75, 3.05) is 0 Å². The van der Waals surface area contributed by atoms with E-state index >= 15 is 0 Å². The lowest BCUT2D eigenvalue weighted by Gasteiger charge is -2.13. The molecule has 1 unspecified atom stereocenters. The minimum atomic E-state index is 0.567. The fourth-order valence-corrected chi connectivity index (χ4v) is 3.13. The SMILES string of the molecule is CCC(C)c1cccc2cc(-c3cc(C)cc(C)c3)ncc12. The second kappa shape index (κ2) is 5.92. The number of hydrogen-bond donors (Lipinski definition) is 0. The number of aromatic nitrogens is 1. The number of aryl methyl sites for hydroxylation is 2. The van der Waals surface area contributed by atoms with Gasteiger partial charge in [-0.2, -0.15) is 0 Å². The number of nitrogens with zero attached hydrogens (tertiary/aromatic N) is 1. The Morgan fingerprint density at radius 2 is 1.73 bits per heavy atom. The summed E-state index contributed by atoms with van der Waals surface area (Å²) in [5.74, 6) is 0.567. The second-order valence-electron chi connectivity index (χ2n) is 6.32. The molecule has 0 radical (unpaired) electrons. The van der Waals surface area contributed by atoms with E-state index in [4.69, 9.17) is 4.98 Å². The van der Waals surface area contributed by atoms with Gasteiger partial charge in [-0.1, -0.05) is 49.2 Å². The van der Waals surface area contributed by atoms with Gasteiger partial charge in [0.15, 0.2) is 0 Å². The lowest BCUT2D eigenvalue weighted by atomic mass is 9.93. The van der Waals surface area contributed by atoms with Crippen LogP contribution in [0.1, 0.15) is 42.9 Å². The van der Waals surface area contributed by atoms with Crippen LogP contribution >= 0.6 is 0 Å². The zero-order valence-electron chi connectivity index (χ0n) is 13.9. The monoisotopic (exact) mass is 289 g/mol. The van der Waals surface area contributed by atoms with Crippen molar-refractivity contribution < 1.29 is 0 Å². The Kier molecular flexibility index (Phi) is 3.98. The second-order valence-corrected chi connectivity index (χ2v) is 6.32. The molecular formula is C21H23N.